The summed E-state index contributed by atoms with van der Waals surface area (Å²) in [6.07, 6.45) is 1.61. The summed E-state index contributed by atoms with van der Waals surface area (Å²) >= 11 is 0. The summed E-state index contributed by atoms with van der Waals surface area (Å²) in [6, 6.07) is 6.53. The first kappa shape index (κ1) is 20.1. The van der Waals surface area contributed by atoms with Crippen LogP contribution >= 0.6 is 0 Å². The van der Waals surface area contributed by atoms with Crippen molar-refractivity contribution in [1.29, 1.82) is 0 Å². The molecular formula is C18H26N4O3S. The van der Waals surface area contributed by atoms with E-state index in [0.29, 0.717) is 24.5 Å². The Kier molecular flexibility index (Phi) is 6.20. The van der Waals surface area contributed by atoms with Crippen molar-refractivity contribution in [2.75, 3.05) is 18.4 Å². The number of anilines is 1. The van der Waals surface area contributed by atoms with Crippen LogP contribution in [0.3, 0.4) is 0 Å². The number of nitrogens with zero attached hydrogens (tertiary/aromatic N) is 3. The Balaban J connectivity index is 2.37. The summed E-state index contributed by atoms with van der Waals surface area (Å²) < 4.78 is 28.7. The van der Waals surface area contributed by atoms with Crippen molar-refractivity contribution in [2.45, 2.75) is 45.6 Å². The Labute approximate surface area is 155 Å². The molecule has 1 amide bonds. The third-order valence-corrected chi connectivity index (χ3v) is 6.37. The van der Waals surface area contributed by atoms with Crippen LogP contribution in [-0.2, 0) is 10.0 Å². The van der Waals surface area contributed by atoms with Crippen LogP contribution in [0.5, 0.6) is 0 Å². The molecule has 0 bridgehead atoms. The Morgan fingerprint density at radius 1 is 1.23 bits per heavy atom. The van der Waals surface area contributed by atoms with Crippen LogP contribution in [-0.4, -0.2) is 41.5 Å². The lowest BCUT2D eigenvalue weighted by Gasteiger charge is -2.20. The third-order valence-electron chi connectivity index (χ3n) is 4.17. The van der Waals surface area contributed by atoms with Gasteiger partial charge in [-0.2, -0.15) is 9.40 Å². The molecule has 0 fully saturated rings. The second-order valence-electron chi connectivity index (χ2n) is 6.28. The number of aromatic nitrogens is 2. The van der Waals surface area contributed by atoms with Crippen LogP contribution in [0, 0.1) is 6.92 Å². The van der Waals surface area contributed by atoms with E-state index in [4.69, 9.17) is 0 Å². The molecule has 0 saturated heterocycles. The van der Waals surface area contributed by atoms with Gasteiger partial charge < -0.3 is 5.32 Å². The minimum absolute atomic E-state index is 0.0944. The maximum atomic E-state index is 12.8. The van der Waals surface area contributed by atoms with E-state index >= 15 is 0 Å². The molecule has 1 aromatic heterocycles. The summed E-state index contributed by atoms with van der Waals surface area (Å²) in [4.78, 5) is 12.8. The van der Waals surface area contributed by atoms with Crippen molar-refractivity contribution in [3.05, 3.63) is 41.6 Å². The van der Waals surface area contributed by atoms with E-state index in [1.165, 1.54) is 10.4 Å². The number of nitrogens with one attached hydrogen (secondary N) is 1. The zero-order valence-electron chi connectivity index (χ0n) is 15.9. The van der Waals surface area contributed by atoms with Crippen molar-refractivity contribution >= 4 is 21.7 Å². The molecule has 2 aromatic rings. The average molecular weight is 378 g/mol. The molecule has 0 aliphatic rings. The number of rotatable bonds is 7. The van der Waals surface area contributed by atoms with Gasteiger partial charge in [0.15, 0.2) is 0 Å². The number of aryl methyl sites for hydroxylation is 1. The molecule has 142 valence electrons. The Morgan fingerprint density at radius 2 is 1.88 bits per heavy atom. The van der Waals surface area contributed by atoms with Crippen molar-refractivity contribution in [1.82, 2.24) is 14.1 Å². The maximum Gasteiger partial charge on any atom is 0.256 e. The topological polar surface area (TPSA) is 84.3 Å². The molecular weight excluding hydrogens is 352 g/mol. The monoisotopic (exact) mass is 378 g/mol. The van der Waals surface area contributed by atoms with Gasteiger partial charge in [-0.3, -0.25) is 4.79 Å². The van der Waals surface area contributed by atoms with Crippen molar-refractivity contribution in [3.63, 3.8) is 0 Å². The summed E-state index contributed by atoms with van der Waals surface area (Å²) in [5.41, 5.74) is 0.901. The Hall–Kier alpha value is -2.19. The van der Waals surface area contributed by atoms with E-state index in [-0.39, 0.29) is 22.4 Å². The molecule has 1 aromatic carbocycles. The van der Waals surface area contributed by atoms with E-state index in [9.17, 15) is 13.2 Å². The number of sulfonamides is 1. The van der Waals surface area contributed by atoms with Gasteiger partial charge in [-0.05, 0) is 38.5 Å². The van der Waals surface area contributed by atoms with Gasteiger partial charge >= 0.3 is 0 Å². The van der Waals surface area contributed by atoms with Crippen LogP contribution in [0.2, 0.25) is 0 Å². The highest BCUT2D eigenvalue weighted by atomic mass is 32.2. The summed E-state index contributed by atoms with van der Waals surface area (Å²) in [5, 5.41) is 6.97. The first-order valence-corrected chi connectivity index (χ1v) is 10.1. The fourth-order valence-electron chi connectivity index (χ4n) is 2.74. The first-order valence-electron chi connectivity index (χ1n) is 8.68. The Morgan fingerprint density at radius 3 is 2.46 bits per heavy atom. The molecule has 0 unspecified atom stereocenters. The van der Waals surface area contributed by atoms with Gasteiger partial charge in [-0.15, -0.1) is 0 Å². The molecule has 0 atom stereocenters. The van der Waals surface area contributed by atoms with Crippen molar-refractivity contribution in [2.24, 2.45) is 0 Å². The zero-order chi connectivity index (χ0) is 19.5. The molecule has 0 aliphatic carbocycles. The van der Waals surface area contributed by atoms with Crippen molar-refractivity contribution < 1.29 is 13.2 Å². The molecule has 0 radical (unpaired) electrons. The van der Waals surface area contributed by atoms with Crippen LogP contribution in [0.15, 0.2) is 35.4 Å². The number of hydrogen-bond donors (Lipinski definition) is 1. The summed E-state index contributed by atoms with van der Waals surface area (Å²) in [7, 11) is -3.64. The highest BCUT2D eigenvalue weighted by Gasteiger charge is 2.25. The SMILES string of the molecule is CCN(CC)S(=O)(=O)c1cc(C(=O)Nc2ccnn2C(C)C)ccc1C. The second-order valence-corrected chi connectivity index (χ2v) is 8.18. The highest BCUT2D eigenvalue weighted by Crippen LogP contribution is 2.22. The van der Waals surface area contributed by atoms with Gasteiger partial charge in [0, 0.05) is 30.8 Å². The van der Waals surface area contributed by atoms with E-state index in [2.05, 4.69) is 10.4 Å². The minimum atomic E-state index is -3.64. The fraction of sp³-hybridized carbons (Fsp3) is 0.444. The number of benzene rings is 1. The van der Waals surface area contributed by atoms with Gasteiger partial charge in [0.1, 0.15) is 5.82 Å². The van der Waals surface area contributed by atoms with Gasteiger partial charge in [0.05, 0.1) is 11.1 Å². The van der Waals surface area contributed by atoms with E-state index in [1.807, 2.05) is 13.8 Å². The molecule has 8 heteroatoms. The quantitative estimate of drug-likeness (QED) is 0.802. The minimum Gasteiger partial charge on any atom is -0.307 e. The third kappa shape index (κ3) is 3.96. The largest absolute Gasteiger partial charge is 0.307 e. The average Bonchev–Trinajstić information content (AvgIpc) is 3.04. The van der Waals surface area contributed by atoms with Crippen LogP contribution in [0.1, 0.15) is 49.7 Å². The molecule has 2 rings (SSSR count). The lowest BCUT2D eigenvalue weighted by molar-refractivity contribution is 0.102. The molecule has 26 heavy (non-hydrogen) atoms. The fourth-order valence-corrected chi connectivity index (χ4v) is 4.44. The lowest BCUT2D eigenvalue weighted by Crippen LogP contribution is -2.31. The van der Waals surface area contributed by atoms with Gasteiger partial charge in [0.25, 0.3) is 5.91 Å². The first-order chi connectivity index (χ1) is 12.2. The molecule has 0 spiro atoms. The van der Waals surface area contributed by atoms with Gasteiger partial charge in [-0.25, -0.2) is 13.1 Å². The molecule has 0 saturated carbocycles. The maximum absolute atomic E-state index is 12.8. The molecule has 0 aliphatic heterocycles. The smallest absolute Gasteiger partial charge is 0.256 e. The van der Waals surface area contributed by atoms with Crippen LogP contribution < -0.4 is 5.32 Å². The highest BCUT2D eigenvalue weighted by molar-refractivity contribution is 7.89. The second kappa shape index (κ2) is 8.01. The number of hydrogen-bond acceptors (Lipinski definition) is 4. The van der Waals surface area contributed by atoms with Gasteiger partial charge in [-0.1, -0.05) is 19.9 Å². The molecule has 7 nitrogen and oxygen atoms in total. The van der Waals surface area contributed by atoms with Crippen molar-refractivity contribution in [3.8, 4) is 0 Å². The zero-order valence-corrected chi connectivity index (χ0v) is 16.7. The lowest BCUT2D eigenvalue weighted by atomic mass is 10.1. The Bertz CT molecular complexity index is 884. The molecule has 1 N–H and O–H groups in total. The predicted octanol–water partition coefficient (Wildman–Crippen LogP) is 3.06. The van der Waals surface area contributed by atoms with E-state index < -0.39 is 10.0 Å². The predicted molar refractivity (Wildman–Crippen MR) is 102 cm³/mol. The number of amides is 1. The molecule has 1 heterocycles. The van der Waals surface area contributed by atoms with E-state index in [1.54, 1.807) is 49.8 Å². The standard InChI is InChI=1S/C18H26N4O3S/c1-6-21(7-2)26(24,25)16-12-15(9-8-14(16)5)18(23)20-17-10-11-19-22(17)13(3)4/h8-13H,6-7H2,1-5H3,(H,20,23). The van der Waals surface area contributed by atoms with Crippen LogP contribution in [0.25, 0.3) is 0 Å². The summed E-state index contributed by atoms with van der Waals surface area (Å²) in [5.74, 6) is 0.196. The van der Waals surface area contributed by atoms with Gasteiger partial charge in [0.2, 0.25) is 10.0 Å². The normalized spacial score (nSPS) is 12.0. The van der Waals surface area contributed by atoms with E-state index in [0.717, 1.165) is 0 Å². The summed E-state index contributed by atoms with van der Waals surface area (Å²) in [6.45, 7) is 9.99. The number of carbonyl (C=O) groups excluding carboxylic acids is 1. The van der Waals surface area contributed by atoms with Crippen LogP contribution in [0.4, 0.5) is 5.82 Å². The number of carbonyl (C=O) groups is 1.